The Morgan fingerprint density at radius 1 is 0.796 bits per heavy atom. The normalized spacial score (nSPS) is 19.4. The number of fused-ring (bicyclic) bond motifs is 2. The molecule has 5 N–H and O–H groups in total. The number of nitrogens with one attached hydrogen (secondary N) is 4. The van der Waals surface area contributed by atoms with Gasteiger partial charge >= 0.3 is 6.09 Å². The molecule has 16 heteroatoms. The topological polar surface area (TPSA) is 178 Å². The lowest BCUT2D eigenvalue weighted by atomic mass is 10.0. The second kappa shape index (κ2) is 15.8. The minimum absolute atomic E-state index is 0.0427. The molecule has 0 radical (unpaired) electrons. The number of hydrogen-bond acceptors (Lipinski definition) is 11. The van der Waals surface area contributed by atoms with Crippen molar-refractivity contribution < 1.29 is 29.0 Å². The van der Waals surface area contributed by atoms with Crippen molar-refractivity contribution in [2.75, 3.05) is 27.3 Å². The van der Waals surface area contributed by atoms with Crippen molar-refractivity contribution in [3.63, 3.8) is 0 Å². The average Bonchev–Trinajstić information content (AvgIpc) is 4.00. The van der Waals surface area contributed by atoms with Crippen LogP contribution in [0.4, 0.5) is 4.79 Å². The fourth-order valence-electron chi connectivity index (χ4n) is 7.56. The van der Waals surface area contributed by atoms with Gasteiger partial charge in [0.2, 0.25) is 18.2 Å². The summed E-state index contributed by atoms with van der Waals surface area (Å²) in [5, 5.41) is 17.9. The number of H-pyrrole nitrogens is 2. The van der Waals surface area contributed by atoms with Crippen LogP contribution in [0, 0.1) is 11.8 Å². The van der Waals surface area contributed by atoms with Crippen molar-refractivity contribution in [1.29, 1.82) is 0 Å². The third-order valence-corrected chi connectivity index (χ3v) is 12.7. The molecule has 7 rings (SSSR count). The van der Waals surface area contributed by atoms with E-state index in [-0.39, 0.29) is 35.7 Å². The third kappa shape index (κ3) is 7.49. The van der Waals surface area contributed by atoms with Crippen LogP contribution in [0.25, 0.3) is 41.3 Å². The van der Waals surface area contributed by atoms with E-state index in [0.29, 0.717) is 13.1 Å². The summed E-state index contributed by atoms with van der Waals surface area (Å²) in [5.41, 5.74) is 1.81. The molecule has 54 heavy (non-hydrogen) atoms. The predicted molar refractivity (Wildman–Crippen MR) is 209 cm³/mol. The Bertz CT molecular complexity index is 2090. The number of aliphatic hydroxyl groups is 1. The van der Waals surface area contributed by atoms with Gasteiger partial charge in [0.05, 0.1) is 58.8 Å². The van der Waals surface area contributed by atoms with E-state index in [2.05, 4.69) is 44.9 Å². The highest BCUT2D eigenvalue weighted by Gasteiger charge is 2.39. The van der Waals surface area contributed by atoms with E-state index in [1.165, 1.54) is 14.2 Å². The molecule has 14 nitrogen and oxygen atoms in total. The number of alkyl carbamates (subject to hydrolysis) is 1. The van der Waals surface area contributed by atoms with Gasteiger partial charge in [-0.15, -0.1) is 22.7 Å². The number of methoxy groups -OCH3 is 2. The van der Waals surface area contributed by atoms with E-state index in [1.54, 1.807) is 22.7 Å². The molecule has 5 atom stereocenters. The Kier molecular flexibility index (Phi) is 11.1. The number of thiophene rings is 2. The zero-order valence-electron chi connectivity index (χ0n) is 31.3. The molecule has 4 aromatic heterocycles. The van der Waals surface area contributed by atoms with E-state index in [9.17, 15) is 19.5 Å². The summed E-state index contributed by atoms with van der Waals surface area (Å²) in [5.74, 6) is 1.15. The summed E-state index contributed by atoms with van der Waals surface area (Å²) in [6.45, 7) is 8.93. The van der Waals surface area contributed by atoms with Gasteiger partial charge in [0.25, 0.3) is 0 Å². The highest BCUT2D eigenvalue weighted by Crippen LogP contribution is 2.41. The molecule has 0 bridgehead atoms. The number of aromatic amines is 2. The van der Waals surface area contributed by atoms with E-state index < -0.39 is 24.6 Å². The number of ether oxygens (including phenoxy) is 2. The molecule has 288 valence electrons. The van der Waals surface area contributed by atoms with E-state index in [1.807, 2.05) is 49.9 Å². The standard InChI is InChI=1S/C38H48N8O6S2/c1-19(2)31(43-37(49)51-5)35(47)45-11-7-9-25(45)33-39-17-23(41-33)29-15-21-13-28-22(14-27(21)53-29)16-30(54-28)24-18-40-34(42-24)26-10-8-12-46(26)36(48)32(20(3)4)44-38(50)52-6/h13-20,25-26,31-32,37,43,49H,7-12H2,1-6H3,(H,39,41)(H,40,42)(H,44,50). The van der Waals surface area contributed by atoms with Crippen LogP contribution in [0.2, 0.25) is 0 Å². The highest BCUT2D eigenvalue weighted by atomic mass is 32.1. The largest absolute Gasteiger partial charge is 0.453 e. The van der Waals surface area contributed by atoms with Crippen molar-refractivity contribution in [2.45, 2.75) is 84.0 Å². The van der Waals surface area contributed by atoms with Crippen molar-refractivity contribution in [1.82, 2.24) is 40.4 Å². The molecular weight excluding hydrogens is 729 g/mol. The molecule has 1 aromatic carbocycles. The molecule has 2 aliphatic heterocycles. The van der Waals surface area contributed by atoms with Crippen LogP contribution in [0.5, 0.6) is 0 Å². The summed E-state index contributed by atoms with van der Waals surface area (Å²) < 4.78 is 12.0. The van der Waals surface area contributed by atoms with Gasteiger partial charge in [-0.05, 0) is 72.6 Å². The van der Waals surface area contributed by atoms with Crippen molar-refractivity contribution in [3.8, 4) is 21.1 Å². The first-order valence-corrected chi connectivity index (χ1v) is 20.1. The Labute approximate surface area is 321 Å². The van der Waals surface area contributed by atoms with Crippen molar-refractivity contribution in [2.24, 2.45) is 11.8 Å². The van der Waals surface area contributed by atoms with Crippen LogP contribution in [-0.2, 0) is 19.1 Å². The lowest BCUT2D eigenvalue weighted by molar-refractivity contribution is -0.145. The molecule has 6 heterocycles. The van der Waals surface area contributed by atoms with Crippen LogP contribution in [0.15, 0.2) is 36.7 Å². The molecule has 5 unspecified atom stereocenters. The van der Waals surface area contributed by atoms with Gasteiger partial charge in [0, 0.05) is 29.6 Å². The Hall–Kier alpha value is -4.35. The van der Waals surface area contributed by atoms with Crippen molar-refractivity contribution >= 4 is 60.8 Å². The number of aliphatic hydroxyl groups excluding tert-OH is 1. The molecule has 0 saturated carbocycles. The molecule has 2 fully saturated rings. The third-order valence-electron chi connectivity index (χ3n) is 10.4. The Morgan fingerprint density at radius 2 is 1.28 bits per heavy atom. The maximum absolute atomic E-state index is 13.6. The number of likely N-dealkylation sites (tertiary alicyclic amines) is 2. The van der Waals surface area contributed by atoms with Crippen LogP contribution >= 0.6 is 22.7 Å². The van der Waals surface area contributed by atoms with Gasteiger partial charge in [-0.1, -0.05) is 27.7 Å². The maximum Gasteiger partial charge on any atom is 0.407 e. The van der Waals surface area contributed by atoms with Crippen LogP contribution < -0.4 is 10.6 Å². The zero-order chi connectivity index (χ0) is 38.3. The first-order valence-electron chi connectivity index (χ1n) is 18.5. The summed E-state index contributed by atoms with van der Waals surface area (Å²) in [4.78, 5) is 61.5. The Balaban J connectivity index is 1.07. The monoisotopic (exact) mass is 776 g/mol. The smallest absolute Gasteiger partial charge is 0.407 e. The number of carbonyl (C=O) groups excluding carboxylic acids is 3. The van der Waals surface area contributed by atoms with Gasteiger partial charge in [-0.25, -0.2) is 14.8 Å². The predicted octanol–water partition coefficient (Wildman–Crippen LogP) is 6.14. The summed E-state index contributed by atoms with van der Waals surface area (Å²) in [6, 6.07) is 7.15. The maximum atomic E-state index is 13.6. The van der Waals surface area contributed by atoms with E-state index in [0.717, 1.165) is 78.6 Å². The SMILES string of the molecule is COC(=O)NC(C(=O)N1CCCC1c1ncc(-c2cc3cc4sc(-c5cnc(C6CCCN6C(=O)C(NC(O)OC)C(C)C)[nH]5)cc4cc3s2)[nH]1)C(C)C. The second-order valence-electron chi connectivity index (χ2n) is 14.7. The first-order chi connectivity index (χ1) is 25.9. The van der Waals surface area contributed by atoms with Crippen molar-refractivity contribution in [3.05, 3.63) is 48.3 Å². The number of benzene rings is 1. The van der Waals surface area contributed by atoms with Crippen LogP contribution in [0.1, 0.15) is 77.1 Å². The van der Waals surface area contributed by atoms with E-state index in [4.69, 9.17) is 19.4 Å². The molecule has 0 spiro atoms. The number of carbonyl (C=O) groups is 3. The summed E-state index contributed by atoms with van der Waals surface area (Å²) >= 11 is 3.38. The highest BCUT2D eigenvalue weighted by molar-refractivity contribution is 7.23. The van der Waals surface area contributed by atoms with E-state index >= 15 is 0 Å². The summed E-state index contributed by atoms with van der Waals surface area (Å²) in [7, 11) is 2.69. The first kappa shape index (κ1) is 37.9. The van der Waals surface area contributed by atoms with Crippen LogP contribution in [-0.4, -0.2) is 98.6 Å². The fourth-order valence-corrected chi connectivity index (χ4v) is 9.67. The fraction of sp³-hybridized carbons (Fsp3) is 0.500. The zero-order valence-corrected chi connectivity index (χ0v) is 33.0. The number of rotatable bonds is 12. The number of aromatic nitrogens is 4. The van der Waals surface area contributed by atoms with Gasteiger partial charge in [0.1, 0.15) is 17.7 Å². The molecule has 0 aliphatic carbocycles. The molecule has 2 saturated heterocycles. The molecule has 5 aromatic rings. The Morgan fingerprint density at radius 3 is 1.72 bits per heavy atom. The van der Waals surface area contributed by atoms with Gasteiger partial charge in [-0.3, -0.25) is 14.9 Å². The van der Waals surface area contributed by atoms with Gasteiger partial charge < -0.3 is 39.7 Å². The number of nitrogens with zero attached hydrogens (tertiary/aromatic N) is 4. The number of hydrogen-bond donors (Lipinski definition) is 5. The molecule has 3 amide bonds. The minimum Gasteiger partial charge on any atom is -0.453 e. The average molecular weight is 777 g/mol. The second-order valence-corrected chi connectivity index (χ2v) is 16.9. The quantitative estimate of drug-likeness (QED) is 0.0932. The minimum atomic E-state index is -1.22. The molecular formula is C38H48N8O6S2. The molecule has 2 aliphatic rings. The lowest BCUT2D eigenvalue weighted by Crippen LogP contribution is -2.52. The van der Waals surface area contributed by atoms with Gasteiger partial charge in [-0.2, -0.15) is 0 Å². The van der Waals surface area contributed by atoms with Crippen LogP contribution in [0.3, 0.4) is 0 Å². The van der Waals surface area contributed by atoms with Gasteiger partial charge in [0.15, 0.2) is 0 Å². The number of amides is 3. The number of imidazole rings is 2. The summed E-state index contributed by atoms with van der Waals surface area (Å²) in [6.07, 6.45) is 5.17. The lowest BCUT2D eigenvalue weighted by Gasteiger charge is -2.31.